The number of nitrogens with zero attached hydrogens (tertiary/aromatic N) is 1. The van der Waals surface area contributed by atoms with Gasteiger partial charge < -0.3 is 5.32 Å². The summed E-state index contributed by atoms with van der Waals surface area (Å²) < 4.78 is 0. The molecule has 0 spiro atoms. The molecule has 154 valence electrons. The van der Waals surface area contributed by atoms with Crippen LogP contribution in [0.5, 0.6) is 0 Å². The number of hydrogen-bond donors (Lipinski definition) is 1. The van der Waals surface area contributed by atoms with Crippen LogP contribution in [0.15, 0.2) is 53.2 Å². The lowest BCUT2D eigenvalue weighted by Crippen LogP contribution is -2.24. The molecule has 4 nitrogen and oxygen atoms in total. The number of allylic oxidation sites excluding steroid dienone is 2. The molecule has 30 heavy (non-hydrogen) atoms. The number of carbonyl (C=O) groups is 2. The van der Waals surface area contributed by atoms with Gasteiger partial charge in [-0.15, -0.1) is 22.7 Å². The van der Waals surface area contributed by atoms with Crippen molar-refractivity contribution in [3.8, 4) is 9.88 Å². The van der Waals surface area contributed by atoms with Gasteiger partial charge in [0, 0.05) is 24.8 Å². The minimum absolute atomic E-state index is 0.0429. The maximum atomic E-state index is 13.0. The number of rotatable bonds is 5. The summed E-state index contributed by atoms with van der Waals surface area (Å²) in [6.45, 7) is 0.739. The molecule has 0 saturated carbocycles. The fraction of sp³-hybridized carbons (Fsp3) is 0.292. The highest BCUT2D eigenvalue weighted by Crippen LogP contribution is 2.30. The van der Waals surface area contributed by atoms with Crippen molar-refractivity contribution in [2.75, 3.05) is 6.54 Å². The van der Waals surface area contributed by atoms with Gasteiger partial charge in [0.1, 0.15) is 10.7 Å². The SMILES string of the molecule is O=C1CC/C=C(\c2ccccc2CC(=O)c2csc(-c3cccs3)n2)CCCCN1. The van der Waals surface area contributed by atoms with Crippen LogP contribution in [0.25, 0.3) is 15.5 Å². The van der Waals surface area contributed by atoms with E-state index in [1.807, 2.05) is 41.1 Å². The van der Waals surface area contributed by atoms with Crippen molar-refractivity contribution < 1.29 is 9.59 Å². The molecule has 3 heterocycles. The van der Waals surface area contributed by atoms with Crippen molar-refractivity contribution >= 4 is 39.9 Å². The average molecular weight is 437 g/mol. The molecule has 1 aliphatic heterocycles. The van der Waals surface area contributed by atoms with Crippen LogP contribution in [-0.2, 0) is 11.2 Å². The molecule has 1 aliphatic rings. The van der Waals surface area contributed by atoms with Gasteiger partial charge >= 0.3 is 0 Å². The summed E-state index contributed by atoms with van der Waals surface area (Å²) >= 11 is 3.15. The molecule has 1 amide bonds. The standard InChI is InChI=1S/C24H24N2O2S2/c27-21(20-16-30-24(26-20)22-11-6-14-29-22)15-18-8-1-2-10-19(18)17-7-3-4-13-25-23(28)12-5-9-17/h1-2,6,8-11,14,16H,3-5,7,12-13,15H2,(H,25,28)/b17-9-. The second-order valence-electron chi connectivity index (χ2n) is 7.35. The van der Waals surface area contributed by atoms with Crippen molar-refractivity contribution in [3.05, 3.63) is 70.1 Å². The third kappa shape index (κ3) is 5.12. The first-order valence-corrected chi connectivity index (χ1v) is 12.0. The molecule has 6 heteroatoms. The molecule has 0 atom stereocenters. The predicted octanol–water partition coefficient (Wildman–Crippen LogP) is 5.76. The van der Waals surface area contributed by atoms with E-state index in [1.165, 1.54) is 16.9 Å². The molecule has 0 aliphatic carbocycles. The van der Waals surface area contributed by atoms with Crippen LogP contribution < -0.4 is 5.32 Å². The van der Waals surface area contributed by atoms with Crippen LogP contribution in [0.3, 0.4) is 0 Å². The molecule has 0 bridgehead atoms. The van der Waals surface area contributed by atoms with Gasteiger partial charge in [-0.25, -0.2) is 4.98 Å². The number of ketones is 1. The lowest BCUT2D eigenvalue weighted by molar-refractivity contribution is -0.121. The van der Waals surface area contributed by atoms with E-state index in [9.17, 15) is 9.59 Å². The zero-order chi connectivity index (χ0) is 20.8. The number of nitrogens with one attached hydrogen (secondary N) is 1. The lowest BCUT2D eigenvalue weighted by atomic mass is 9.91. The van der Waals surface area contributed by atoms with E-state index >= 15 is 0 Å². The summed E-state index contributed by atoms with van der Waals surface area (Å²) in [5.74, 6) is 0.155. The summed E-state index contributed by atoms with van der Waals surface area (Å²) in [4.78, 5) is 30.4. The first-order chi connectivity index (χ1) is 14.7. The fourth-order valence-electron chi connectivity index (χ4n) is 3.65. The van der Waals surface area contributed by atoms with Crippen LogP contribution in [0.4, 0.5) is 0 Å². The normalized spacial score (nSPS) is 17.1. The Morgan fingerprint density at radius 2 is 1.97 bits per heavy atom. The van der Waals surface area contributed by atoms with Gasteiger partial charge in [0.05, 0.1) is 4.88 Å². The Kier molecular flexibility index (Phi) is 6.87. The Bertz CT molecular complexity index is 1050. The Hall–Kier alpha value is -2.57. The van der Waals surface area contributed by atoms with Gasteiger partial charge in [-0.1, -0.05) is 36.4 Å². The molecule has 4 rings (SSSR count). The molecular formula is C24H24N2O2S2. The van der Waals surface area contributed by atoms with Crippen LogP contribution in [-0.4, -0.2) is 23.2 Å². The van der Waals surface area contributed by atoms with E-state index in [-0.39, 0.29) is 11.7 Å². The highest BCUT2D eigenvalue weighted by atomic mass is 32.1. The van der Waals surface area contributed by atoms with E-state index < -0.39 is 0 Å². The van der Waals surface area contributed by atoms with Gasteiger partial charge in [0.2, 0.25) is 5.91 Å². The highest BCUT2D eigenvalue weighted by molar-refractivity contribution is 7.20. The van der Waals surface area contributed by atoms with E-state index in [1.54, 1.807) is 11.3 Å². The van der Waals surface area contributed by atoms with Crippen LogP contribution >= 0.6 is 22.7 Å². The summed E-state index contributed by atoms with van der Waals surface area (Å²) in [5, 5.41) is 7.74. The third-order valence-electron chi connectivity index (χ3n) is 5.19. The van der Waals surface area contributed by atoms with E-state index in [0.717, 1.165) is 53.2 Å². The summed E-state index contributed by atoms with van der Waals surface area (Å²) in [6.07, 6.45) is 6.68. The van der Waals surface area contributed by atoms with Crippen molar-refractivity contribution in [2.45, 2.75) is 38.5 Å². The van der Waals surface area contributed by atoms with Crippen LogP contribution in [0.2, 0.25) is 0 Å². The number of thiazole rings is 1. The number of amides is 1. The van der Waals surface area contributed by atoms with Crippen LogP contribution in [0.1, 0.15) is 53.7 Å². The van der Waals surface area contributed by atoms with Gasteiger partial charge in [-0.05, 0) is 53.8 Å². The summed E-state index contributed by atoms with van der Waals surface area (Å²) in [7, 11) is 0. The second-order valence-corrected chi connectivity index (χ2v) is 9.15. The maximum Gasteiger partial charge on any atom is 0.220 e. The smallest absolute Gasteiger partial charge is 0.220 e. The third-order valence-corrected chi connectivity index (χ3v) is 7.07. The average Bonchev–Trinajstić information content (AvgIpc) is 3.45. The van der Waals surface area contributed by atoms with Gasteiger partial charge in [0.25, 0.3) is 0 Å². The molecule has 0 unspecified atom stereocenters. The van der Waals surface area contributed by atoms with Crippen molar-refractivity contribution in [3.63, 3.8) is 0 Å². The van der Waals surface area contributed by atoms with E-state index in [0.29, 0.717) is 18.5 Å². The number of Topliss-reactive ketones (excluding diaryl/α,β-unsaturated/α-hetero) is 1. The first kappa shape index (κ1) is 20.7. The lowest BCUT2D eigenvalue weighted by Gasteiger charge is -2.15. The van der Waals surface area contributed by atoms with Crippen LogP contribution in [0, 0.1) is 0 Å². The maximum absolute atomic E-state index is 13.0. The molecule has 0 radical (unpaired) electrons. The predicted molar refractivity (Wildman–Crippen MR) is 124 cm³/mol. The molecule has 1 N–H and O–H groups in total. The van der Waals surface area contributed by atoms with Crippen molar-refractivity contribution in [1.29, 1.82) is 0 Å². The molecule has 2 aromatic heterocycles. The van der Waals surface area contributed by atoms with Crippen molar-refractivity contribution in [1.82, 2.24) is 10.3 Å². The minimum Gasteiger partial charge on any atom is -0.356 e. The summed E-state index contributed by atoms with van der Waals surface area (Å²) in [5.41, 5.74) is 3.93. The van der Waals surface area contributed by atoms with Crippen molar-refractivity contribution in [2.24, 2.45) is 0 Å². The number of carbonyl (C=O) groups excluding carboxylic acids is 2. The Balaban J connectivity index is 1.54. The zero-order valence-corrected chi connectivity index (χ0v) is 18.4. The number of hydrogen-bond acceptors (Lipinski definition) is 5. The quantitative estimate of drug-likeness (QED) is 0.517. The molecule has 1 aromatic carbocycles. The number of benzene rings is 1. The monoisotopic (exact) mass is 436 g/mol. The Morgan fingerprint density at radius 1 is 1.07 bits per heavy atom. The first-order valence-electron chi connectivity index (χ1n) is 10.3. The van der Waals surface area contributed by atoms with Gasteiger partial charge in [0.15, 0.2) is 5.78 Å². The number of thiophene rings is 1. The number of aromatic nitrogens is 1. The highest BCUT2D eigenvalue weighted by Gasteiger charge is 2.16. The largest absolute Gasteiger partial charge is 0.356 e. The molecule has 3 aromatic rings. The molecule has 0 fully saturated rings. The Labute approximate surface area is 184 Å². The van der Waals surface area contributed by atoms with E-state index in [4.69, 9.17) is 0 Å². The zero-order valence-electron chi connectivity index (χ0n) is 16.7. The van der Waals surface area contributed by atoms with E-state index in [2.05, 4.69) is 22.4 Å². The second kappa shape index (κ2) is 9.96. The fourth-order valence-corrected chi connectivity index (χ4v) is 5.29. The van der Waals surface area contributed by atoms with Gasteiger partial charge in [-0.3, -0.25) is 9.59 Å². The molecular weight excluding hydrogens is 412 g/mol. The Morgan fingerprint density at radius 3 is 2.83 bits per heavy atom. The topological polar surface area (TPSA) is 59.1 Å². The minimum atomic E-state index is 0.0429. The molecule has 0 saturated heterocycles. The summed E-state index contributed by atoms with van der Waals surface area (Å²) in [6, 6.07) is 12.2. The van der Waals surface area contributed by atoms with Gasteiger partial charge in [-0.2, -0.15) is 0 Å².